The number of hydrogen-bond acceptors (Lipinski definition) is 12. The molecule has 5 heterocycles. The van der Waals surface area contributed by atoms with Crippen LogP contribution in [-0.2, 0) is 9.59 Å². The number of fused-ring (bicyclic) bond motifs is 8. The quantitative estimate of drug-likeness (QED) is 0.0399. The lowest BCUT2D eigenvalue weighted by molar-refractivity contribution is -0.116. The first-order valence-corrected chi connectivity index (χ1v) is 25.7. The van der Waals surface area contributed by atoms with Gasteiger partial charge in [-0.25, -0.2) is 9.97 Å². The van der Waals surface area contributed by atoms with Crippen LogP contribution in [0.1, 0.15) is 126 Å². The Labute approximate surface area is 452 Å². The fourth-order valence-corrected chi connectivity index (χ4v) is 9.30. The number of aromatic amines is 2. The highest BCUT2D eigenvalue weighted by Gasteiger charge is 2.24. The Bertz CT molecular complexity index is 3400. The minimum absolute atomic E-state index is 0.0171. The number of aryl methyl sites for hydroxylation is 2. The van der Waals surface area contributed by atoms with E-state index >= 15 is 0 Å². The monoisotopic (exact) mass is 1060 g/mol. The standard InChI is InChI=1S/C58H68N14O6/c1-7-41-31(3)45-27-46-33(5)43(9-11-53(73)67-39-23-35(55(75)63-17-13-59)21-36(24-39)56(76)64-18-14-60)51(71-46)30-52-44(34(6)48(72-52)29-50-42(8-2)32(4)47(70-50)28-49(41)69-45)10-12-54(74)68-40-25-37(57(77)65-19-15-61)22-38(26-40)58(78)66-20-16-62/h7-8,21-30,69-70H,1-2,9-20,59-62H2,3-6H3,(H,63,75)(H,64,76)(H,65,77)(H,66,78)(H,67,73)(H,68,74). The highest BCUT2D eigenvalue weighted by Crippen LogP contribution is 2.38. The molecule has 8 bridgehead atoms. The average molecular weight is 1060 g/mol. The van der Waals surface area contributed by atoms with E-state index in [-0.39, 0.29) is 123 Å². The Morgan fingerprint density at radius 2 is 0.795 bits per heavy atom. The average Bonchev–Trinajstić information content (AvgIpc) is 4.15. The maximum absolute atomic E-state index is 14.0. The molecule has 0 saturated heterocycles. The van der Waals surface area contributed by atoms with E-state index in [9.17, 15) is 28.8 Å². The first-order valence-electron chi connectivity index (χ1n) is 25.7. The van der Waals surface area contributed by atoms with Gasteiger partial charge in [-0.15, -0.1) is 0 Å². The van der Waals surface area contributed by atoms with Gasteiger partial charge in [-0.3, -0.25) is 28.8 Å². The Morgan fingerprint density at radius 3 is 1.14 bits per heavy atom. The van der Waals surface area contributed by atoms with Crippen molar-refractivity contribution in [2.24, 2.45) is 22.9 Å². The normalized spacial score (nSPS) is 12.0. The molecule has 78 heavy (non-hydrogen) atoms. The van der Waals surface area contributed by atoms with Crippen LogP contribution >= 0.6 is 0 Å². The molecule has 2 aliphatic heterocycles. The van der Waals surface area contributed by atoms with Crippen molar-refractivity contribution in [2.75, 3.05) is 63.0 Å². The van der Waals surface area contributed by atoms with Crippen LogP contribution in [-0.4, -0.2) is 108 Å². The first kappa shape index (κ1) is 56.9. The minimum Gasteiger partial charge on any atom is -0.355 e. The van der Waals surface area contributed by atoms with Gasteiger partial charge in [0, 0.05) is 132 Å². The summed E-state index contributed by atoms with van der Waals surface area (Å²) in [5, 5.41) is 16.6. The fraction of sp³-hybridized carbons (Fsp3) is 0.276. The van der Waals surface area contributed by atoms with E-state index < -0.39 is 23.6 Å². The number of carbonyl (C=O) groups excluding carboxylic acids is 6. The molecule has 0 fully saturated rings. The number of nitrogens with zero attached hydrogens (tertiary/aromatic N) is 2. The second-order valence-electron chi connectivity index (χ2n) is 18.8. The predicted octanol–water partition coefficient (Wildman–Crippen LogP) is 5.67. The van der Waals surface area contributed by atoms with E-state index in [0.717, 1.165) is 66.6 Å². The van der Waals surface area contributed by atoms with E-state index in [1.54, 1.807) is 6.08 Å². The zero-order valence-electron chi connectivity index (χ0n) is 44.5. The van der Waals surface area contributed by atoms with Crippen LogP contribution in [0, 0.1) is 13.8 Å². The lowest BCUT2D eigenvalue weighted by Gasteiger charge is -2.12. The number of allylic oxidation sites excluding steroid dienone is 4. The molecule has 0 radical (unpaired) electrons. The third-order valence-electron chi connectivity index (χ3n) is 13.4. The van der Waals surface area contributed by atoms with Crippen molar-refractivity contribution in [1.82, 2.24) is 41.2 Å². The second kappa shape index (κ2) is 25.8. The molecule has 0 unspecified atom stereocenters. The van der Waals surface area contributed by atoms with Crippen LogP contribution in [0.5, 0.6) is 0 Å². The lowest BCUT2D eigenvalue weighted by Crippen LogP contribution is -2.31. The van der Waals surface area contributed by atoms with Crippen LogP contribution in [0.4, 0.5) is 11.4 Å². The molecule has 406 valence electrons. The lowest BCUT2D eigenvalue weighted by atomic mass is 9.98. The summed E-state index contributed by atoms with van der Waals surface area (Å²) in [6.45, 7) is 17.9. The molecule has 2 aliphatic rings. The van der Waals surface area contributed by atoms with Crippen molar-refractivity contribution in [2.45, 2.75) is 53.4 Å². The molecule has 0 aliphatic carbocycles. The molecule has 16 N–H and O–H groups in total. The summed E-state index contributed by atoms with van der Waals surface area (Å²) in [6.07, 6.45) is 4.03. The van der Waals surface area contributed by atoms with Crippen molar-refractivity contribution in [3.8, 4) is 0 Å². The van der Waals surface area contributed by atoms with Crippen molar-refractivity contribution in [3.05, 3.63) is 141 Å². The molecule has 5 aromatic rings. The van der Waals surface area contributed by atoms with Gasteiger partial charge in [-0.05, 0) is 135 Å². The number of benzene rings is 2. The van der Waals surface area contributed by atoms with Gasteiger partial charge in [0.2, 0.25) is 11.8 Å². The largest absolute Gasteiger partial charge is 0.355 e. The highest BCUT2D eigenvalue weighted by molar-refractivity contribution is 6.05. The molecular formula is C58H68N14O6. The van der Waals surface area contributed by atoms with Crippen molar-refractivity contribution in [3.63, 3.8) is 0 Å². The number of carbonyl (C=O) groups is 6. The minimum atomic E-state index is -0.463. The predicted molar refractivity (Wildman–Crippen MR) is 310 cm³/mol. The van der Waals surface area contributed by atoms with Gasteiger partial charge in [0.15, 0.2) is 0 Å². The summed E-state index contributed by atoms with van der Waals surface area (Å²) in [7, 11) is 0. The SMILES string of the molecule is C=Cc1c(C)c2cc3[nH]c(cc4nc(cc5nc(cc1[nH]2)C(C)=C5CCC(=O)Nc1cc(C(=O)NCCN)cc(C(=O)NCCN)c1)C(CCC(=O)Nc1cc(C(=O)NCCN)cc(C(=O)NCCN)c1)=C4C)c(C)c3C=C. The third-order valence-corrected chi connectivity index (χ3v) is 13.4. The maximum atomic E-state index is 14.0. The summed E-state index contributed by atoms with van der Waals surface area (Å²) in [6, 6.07) is 16.7. The van der Waals surface area contributed by atoms with Crippen molar-refractivity contribution >= 4 is 103 Å². The molecule has 0 atom stereocenters. The van der Waals surface area contributed by atoms with E-state index in [1.807, 2.05) is 58.0 Å². The third kappa shape index (κ3) is 13.2. The summed E-state index contributed by atoms with van der Waals surface area (Å²) >= 11 is 0. The first-order chi connectivity index (χ1) is 37.5. The molecule has 3 aromatic heterocycles. The number of aromatic nitrogens is 4. The number of H-pyrrole nitrogens is 2. The number of nitrogens with one attached hydrogen (secondary N) is 8. The van der Waals surface area contributed by atoms with Crippen LogP contribution in [0.3, 0.4) is 0 Å². The zero-order valence-corrected chi connectivity index (χ0v) is 44.5. The summed E-state index contributed by atoms with van der Waals surface area (Å²) in [5.41, 5.74) is 36.2. The van der Waals surface area contributed by atoms with Gasteiger partial charge in [0.1, 0.15) is 0 Å². The molecular weight excluding hydrogens is 989 g/mol. The van der Waals surface area contributed by atoms with Crippen LogP contribution in [0.2, 0.25) is 0 Å². The Balaban J connectivity index is 1.29. The van der Waals surface area contributed by atoms with Crippen LogP contribution in [0.25, 0.3) is 56.5 Å². The summed E-state index contributed by atoms with van der Waals surface area (Å²) in [5.74, 6) is -2.62. The van der Waals surface area contributed by atoms with Gasteiger partial charge in [-0.1, -0.05) is 25.3 Å². The van der Waals surface area contributed by atoms with Crippen molar-refractivity contribution < 1.29 is 28.8 Å². The zero-order chi connectivity index (χ0) is 56.2. The number of amides is 6. The summed E-state index contributed by atoms with van der Waals surface area (Å²) < 4.78 is 0. The van der Waals surface area contributed by atoms with E-state index in [0.29, 0.717) is 22.8 Å². The van der Waals surface area contributed by atoms with Crippen molar-refractivity contribution in [1.29, 1.82) is 0 Å². The molecule has 2 aromatic carbocycles. The number of anilines is 2. The van der Waals surface area contributed by atoms with Gasteiger partial charge in [-0.2, -0.15) is 0 Å². The smallest absolute Gasteiger partial charge is 0.251 e. The van der Waals surface area contributed by atoms with Gasteiger partial charge >= 0.3 is 0 Å². The highest BCUT2D eigenvalue weighted by atomic mass is 16.2. The maximum Gasteiger partial charge on any atom is 0.251 e. The summed E-state index contributed by atoms with van der Waals surface area (Å²) in [4.78, 5) is 97.9. The number of hydrogen-bond donors (Lipinski definition) is 12. The van der Waals surface area contributed by atoms with Gasteiger partial charge in [0.25, 0.3) is 23.6 Å². The molecule has 20 nitrogen and oxygen atoms in total. The van der Waals surface area contributed by atoms with Crippen LogP contribution in [0.15, 0.2) is 73.8 Å². The Morgan fingerprint density at radius 1 is 0.462 bits per heavy atom. The molecule has 0 spiro atoms. The fourth-order valence-electron chi connectivity index (χ4n) is 9.30. The van der Waals surface area contributed by atoms with Gasteiger partial charge in [0.05, 0.1) is 22.8 Å². The topological polar surface area (TPSA) is 336 Å². The van der Waals surface area contributed by atoms with E-state index in [1.165, 1.54) is 36.4 Å². The van der Waals surface area contributed by atoms with E-state index in [2.05, 4.69) is 55.0 Å². The second-order valence-corrected chi connectivity index (χ2v) is 18.8. The number of nitrogens with two attached hydrogens (primary N) is 4. The molecule has 20 heteroatoms. The molecule has 7 rings (SSSR count). The van der Waals surface area contributed by atoms with E-state index in [4.69, 9.17) is 32.9 Å². The number of rotatable bonds is 22. The van der Waals surface area contributed by atoms with Crippen LogP contribution < -0.4 is 54.8 Å². The van der Waals surface area contributed by atoms with Gasteiger partial charge < -0.3 is 64.8 Å². The molecule has 0 saturated carbocycles. The Hall–Kier alpha value is -8.82. The Kier molecular flexibility index (Phi) is 18.8. The molecule has 6 amide bonds.